The Hall–Kier alpha value is -3.12. The summed E-state index contributed by atoms with van der Waals surface area (Å²) in [7, 11) is 0. The van der Waals surface area contributed by atoms with E-state index >= 15 is 0 Å². The Bertz CT molecular complexity index is 714. The Morgan fingerprint density at radius 2 is 1.72 bits per heavy atom. The first kappa shape index (κ1) is 18.2. The molecule has 6 heteroatoms. The average Bonchev–Trinajstić information content (AvgIpc) is 2.61. The maximum absolute atomic E-state index is 12.0. The lowest BCUT2D eigenvalue weighted by Gasteiger charge is -2.13. The molecule has 0 aliphatic heterocycles. The van der Waals surface area contributed by atoms with E-state index in [1.807, 2.05) is 30.3 Å². The van der Waals surface area contributed by atoms with Crippen molar-refractivity contribution in [3.05, 3.63) is 67.3 Å². The van der Waals surface area contributed by atoms with Crippen molar-refractivity contribution < 1.29 is 19.4 Å². The Labute approximate surface area is 146 Å². The first-order chi connectivity index (χ1) is 12.1. The van der Waals surface area contributed by atoms with Crippen LogP contribution in [0.4, 0.5) is 5.69 Å². The summed E-state index contributed by atoms with van der Waals surface area (Å²) in [6, 6.07) is 15.2. The molecule has 0 aromatic heterocycles. The van der Waals surface area contributed by atoms with Gasteiger partial charge in [0.1, 0.15) is 17.5 Å². The minimum Gasteiger partial charge on any atom is -0.480 e. The van der Waals surface area contributed by atoms with Crippen LogP contribution in [-0.4, -0.2) is 29.6 Å². The number of carboxylic acid groups (broad SMARTS) is 1. The lowest BCUT2D eigenvalue weighted by molar-refractivity contribution is -0.140. The van der Waals surface area contributed by atoms with Crippen LogP contribution in [-0.2, 0) is 9.59 Å². The van der Waals surface area contributed by atoms with E-state index in [-0.39, 0.29) is 12.3 Å². The Morgan fingerprint density at radius 1 is 1.08 bits per heavy atom. The highest BCUT2D eigenvalue weighted by molar-refractivity contribution is 5.94. The molecule has 0 unspecified atom stereocenters. The number of aliphatic carboxylic acids is 1. The number of rotatable bonds is 9. The standard InChI is InChI=1S/C19H20N2O4/c1-2-12-20-17(19(23)24)13-18(22)21-14-8-10-16(11-9-14)25-15-6-4-3-5-7-15/h2-11,17,20H,1,12-13H2,(H,21,22)(H,23,24)/t17-/m1/s1. The molecule has 6 nitrogen and oxygen atoms in total. The third-order valence-corrected chi connectivity index (χ3v) is 3.31. The Balaban J connectivity index is 1.90. The summed E-state index contributed by atoms with van der Waals surface area (Å²) in [5.74, 6) is -0.110. The monoisotopic (exact) mass is 340 g/mol. The summed E-state index contributed by atoms with van der Waals surface area (Å²) in [4.78, 5) is 23.1. The number of ether oxygens (including phenoxy) is 1. The van der Waals surface area contributed by atoms with E-state index in [9.17, 15) is 9.59 Å². The van der Waals surface area contributed by atoms with Gasteiger partial charge in [0.15, 0.2) is 0 Å². The zero-order valence-electron chi connectivity index (χ0n) is 13.6. The van der Waals surface area contributed by atoms with Gasteiger partial charge in [-0.05, 0) is 36.4 Å². The number of hydrogen-bond donors (Lipinski definition) is 3. The molecule has 0 heterocycles. The van der Waals surface area contributed by atoms with Crippen molar-refractivity contribution >= 4 is 17.6 Å². The van der Waals surface area contributed by atoms with Crippen molar-refractivity contribution in [2.24, 2.45) is 0 Å². The van der Waals surface area contributed by atoms with Crippen molar-refractivity contribution in [1.29, 1.82) is 0 Å². The lowest BCUT2D eigenvalue weighted by Crippen LogP contribution is -2.39. The molecular weight excluding hydrogens is 320 g/mol. The minimum atomic E-state index is -1.08. The number of carbonyl (C=O) groups is 2. The highest BCUT2D eigenvalue weighted by Crippen LogP contribution is 2.22. The van der Waals surface area contributed by atoms with Crippen LogP contribution in [0.2, 0.25) is 0 Å². The van der Waals surface area contributed by atoms with E-state index in [0.29, 0.717) is 18.0 Å². The molecular formula is C19H20N2O4. The first-order valence-electron chi connectivity index (χ1n) is 7.78. The third kappa shape index (κ3) is 6.12. The van der Waals surface area contributed by atoms with Crippen LogP contribution in [0.15, 0.2) is 67.3 Å². The number of benzene rings is 2. The molecule has 2 rings (SSSR count). The summed E-state index contributed by atoms with van der Waals surface area (Å²) in [6.07, 6.45) is 1.37. The van der Waals surface area contributed by atoms with E-state index in [4.69, 9.17) is 9.84 Å². The second-order valence-corrected chi connectivity index (χ2v) is 5.28. The van der Waals surface area contributed by atoms with Gasteiger partial charge < -0.3 is 20.5 Å². The smallest absolute Gasteiger partial charge is 0.321 e. The molecule has 0 radical (unpaired) electrons. The fourth-order valence-corrected chi connectivity index (χ4v) is 2.10. The van der Waals surface area contributed by atoms with Gasteiger partial charge >= 0.3 is 5.97 Å². The Morgan fingerprint density at radius 3 is 2.32 bits per heavy atom. The predicted molar refractivity (Wildman–Crippen MR) is 95.8 cm³/mol. The molecule has 0 saturated heterocycles. The van der Waals surface area contributed by atoms with E-state index in [1.165, 1.54) is 0 Å². The van der Waals surface area contributed by atoms with Crippen LogP contribution in [0.25, 0.3) is 0 Å². The van der Waals surface area contributed by atoms with Crippen molar-refractivity contribution in [2.45, 2.75) is 12.5 Å². The van der Waals surface area contributed by atoms with Gasteiger partial charge in [-0.1, -0.05) is 24.3 Å². The summed E-state index contributed by atoms with van der Waals surface area (Å²) in [5.41, 5.74) is 0.568. The van der Waals surface area contributed by atoms with Crippen molar-refractivity contribution in [2.75, 3.05) is 11.9 Å². The molecule has 2 aromatic carbocycles. The van der Waals surface area contributed by atoms with Gasteiger partial charge in [-0.15, -0.1) is 6.58 Å². The largest absolute Gasteiger partial charge is 0.480 e. The fourth-order valence-electron chi connectivity index (χ4n) is 2.10. The summed E-state index contributed by atoms with van der Waals surface area (Å²) < 4.78 is 5.67. The molecule has 25 heavy (non-hydrogen) atoms. The molecule has 0 aliphatic rings. The van der Waals surface area contributed by atoms with Gasteiger partial charge in [0, 0.05) is 12.2 Å². The number of para-hydroxylation sites is 1. The van der Waals surface area contributed by atoms with Gasteiger partial charge in [0.25, 0.3) is 0 Å². The van der Waals surface area contributed by atoms with Crippen molar-refractivity contribution in [3.8, 4) is 11.5 Å². The quantitative estimate of drug-likeness (QED) is 0.611. The van der Waals surface area contributed by atoms with E-state index in [0.717, 1.165) is 5.75 Å². The molecule has 0 aliphatic carbocycles. The summed E-state index contributed by atoms with van der Waals surface area (Å²) in [6.45, 7) is 3.82. The first-order valence-corrected chi connectivity index (χ1v) is 7.78. The van der Waals surface area contributed by atoms with Gasteiger partial charge in [-0.2, -0.15) is 0 Å². The van der Waals surface area contributed by atoms with Gasteiger partial charge in [0.05, 0.1) is 6.42 Å². The molecule has 0 spiro atoms. The van der Waals surface area contributed by atoms with Gasteiger partial charge in [0.2, 0.25) is 5.91 Å². The van der Waals surface area contributed by atoms with Crippen LogP contribution in [0.3, 0.4) is 0 Å². The summed E-state index contributed by atoms with van der Waals surface area (Å²) in [5, 5.41) is 14.5. The maximum Gasteiger partial charge on any atom is 0.321 e. The van der Waals surface area contributed by atoms with Crippen LogP contribution in [0, 0.1) is 0 Å². The van der Waals surface area contributed by atoms with Gasteiger partial charge in [-0.25, -0.2) is 0 Å². The topological polar surface area (TPSA) is 87.7 Å². The van der Waals surface area contributed by atoms with Crippen LogP contribution in [0.1, 0.15) is 6.42 Å². The molecule has 1 atom stereocenters. The normalized spacial score (nSPS) is 11.4. The van der Waals surface area contributed by atoms with Crippen molar-refractivity contribution in [1.82, 2.24) is 5.32 Å². The van der Waals surface area contributed by atoms with E-state index < -0.39 is 12.0 Å². The Kier molecular flexibility index (Phi) is 6.74. The minimum absolute atomic E-state index is 0.175. The second kappa shape index (κ2) is 9.24. The van der Waals surface area contributed by atoms with E-state index in [1.54, 1.807) is 30.3 Å². The highest BCUT2D eigenvalue weighted by Gasteiger charge is 2.20. The third-order valence-electron chi connectivity index (χ3n) is 3.31. The number of amides is 1. The lowest BCUT2D eigenvalue weighted by atomic mass is 10.2. The fraction of sp³-hybridized carbons (Fsp3) is 0.158. The molecule has 0 saturated carbocycles. The number of carbonyl (C=O) groups excluding carboxylic acids is 1. The highest BCUT2D eigenvalue weighted by atomic mass is 16.5. The van der Waals surface area contributed by atoms with Crippen molar-refractivity contribution in [3.63, 3.8) is 0 Å². The van der Waals surface area contributed by atoms with Crippen LogP contribution in [0.5, 0.6) is 11.5 Å². The SMILES string of the molecule is C=CCN[C@H](CC(=O)Nc1ccc(Oc2ccccc2)cc1)C(=O)O. The van der Waals surface area contributed by atoms with Crippen LogP contribution >= 0.6 is 0 Å². The molecule has 1 amide bonds. The predicted octanol–water partition coefficient (Wildman–Crippen LogP) is 3.04. The molecule has 130 valence electrons. The van der Waals surface area contributed by atoms with Gasteiger partial charge in [-0.3, -0.25) is 9.59 Å². The maximum atomic E-state index is 12.0. The molecule has 3 N–H and O–H groups in total. The molecule has 0 bridgehead atoms. The zero-order valence-corrected chi connectivity index (χ0v) is 13.6. The average molecular weight is 340 g/mol. The number of carboxylic acids is 1. The number of nitrogens with one attached hydrogen (secondary N) is 2. The molecule has 0 fully saturated rings. The number of hydrogen-bond acceptors (Lipinski definition) is 4. The second-order valence-electron chi connectivity index (χ2n) is 5.28. The van der Waals surface area contributed by atoms with E-state index in [2.05, 4.69) is 17.2 Å². The number of anilines is 1. The van der Waals surface area contributed by atoms with Crippen LogP contribution < -0.4 is 15.4 Å². The summed E-state index contributed by atoms with van der Waals surface area (Å²) >= 11 is 0. The molecule has 2 aromatic rings. The zero-order chi connectivity index (χ0) is 18.1.